The van der Waals surface area contributed by atoms with Gasteiger partial charge >= 0.3 is 7.12 Å². The number of fused-ring (bicyclic) bond motifs is 1. The lowest BCUT2D eigenvalue weighted by atomic mass is 9.78. The number of aromatic nitrogens is 2. The summed E-state index contributed by atoms with van der Waals surface area (Å²) in [6.07, 6.45) is 1.68. The molecule has 3 rings (SSSR count). The van der Waals surface area contributed by atoms with E-state index in [1.807, 2.05) is 45.9 Å². The second-order valence-corrected chi connectivity index (χ2v) is 8.44. The summed E-state index contributed by atoms with van der Waals surface area (Å²) in [5.41, 5.74) is 0.114. The third-order valence-corrected chi connectivity index (χ3v) is 4.97. The van der Waals surface area contributed by atoms with Crippen LogP contribution in [0.2, 0.25) is 0 Å². The fraction of sp³-hybridized carbons (Fsp3) is 0.474. The SMILES string of the molecule is [CH2+]C(C)(C)C(=O)Nc1ncc2cc(B3OC(C)(C)C(C)(C)O3)ccc2n1. The molecule has 1 aliphatic rings. The fourth-order valence-corrected chi connectivity index (χ4v) is 2.51. The van der Waals surface area contributed by atoms with Gasteiger partial charge in [0.15, 0.2) is 5.41 Å². The Morgan fingerprint density at radius 2 is 1.81 bits per heavy atom. The van der Waals surface area contributed by atoms with E-state index < -0.39 is 23.7 Å². The number of nitrogens with zero attached hydrogens (tertiary/aromatic N) is 2. The smallest absolute Gasteiger partial charge is 0.399 e. The monoisotopic (exact) mass is 354 g/mol. The number of anilines is 1. The van der Waals surface area contributed by atoms with Crippen LogP contribution in [0.25, 0.3) is 10.9 Å². The molecule has 2 aromatic rings. The van der Waals surface area contributed by atoms with E-state index in [0.717, 1.165) is 16.4 Å². The Balaban J connectivity index is 1.85. The van der Waals surface area contributed by atoms with Crippen LogP contribution in [0.15, 0.2) is 24.4 Å². The predicted molar refractivity (Wildman–Crippen MR) is 103 cm³/mol. The van der Waals surface area contributed by atoms with Gasteiger partial charge in [-0.05, 0) is 53.1 Å². The van der Waals surface area contributed by atoms with E-state index in [1.165, 1.54) is 0 Å². The molecule has 0 unspecified atom stereocenters. The van der Waals surface area contributed by atoms with Crippen molar-refractivity contribution in [2.45, 2.75) is 52.7 Å². The third kappa shape index (κ3) is 3.41. The van der Waals surface area contributed by atoms with Crippen molar-refractivity contribution in [3.63, 3.8) is 0 Å². The number of hydrogen-bond acceptors (Lipinski definition) is 5. The lowest BCUT2D eigenvalue weighted by molar-refractivity contribution is -0.122. The molecule has 6 nitrogen and oxygen atoms in total. The number of carbonyl (C=O) groups is 1. The molecule has 1 aromatic heterocycles. The van der Waals surface area contributed by atoms with E-state index in [0.29, 0.717) is 0 Å². The van der Waals surface area contributed by atoms with Gasteiger partial charge in [-0.3, -0.25) is 10.1 Å². The Labute approximate surface area is 154 Å². The van der Waals surface area contributed by atoms with Crippen molar-refractivity contribution in [2.75, 3.05) is 5.32 Å². The molecule has 2 heterocycles. The Kier molecular flexibility index (Phi) is 4.28. The Morgan fingerprint density at radius 3 is 2.38 bits per heavy atom. The predicted octanol–water partition coefficient (Wildman–Crippen LogP) is 2.73. The molecule has 136 valence electrons. The summed E-state index contributed by atoms with van der Waals surface area (Å²) in [7, 11) is -0.434. The molecule has 1 amide bonds. The van der Waals surface area contributed by atoms with Gasteiger partial charge in [-0.1, -0.05) is 12.1 Å². The third-order valence-electron chi connectivity index (χ3n) is 4.97. The molecule has 0 aliphatic carbocycles. The van der Waals surface area contributed by atoms with Gasteiger partial charge in [0, 0.05) is 11.6 Å². The van der Waals surface area contributed by atoms with Gasteiger partial charge in [0.1, 0.15) is 0 Å². The first-order valence-electron chi connectivity index (χ1n) is 8.68. The van der Waals surface area contributed by atoms with Crippen LogP contribution in [0.4, 0.5) is 5.95 Å². The lowest BCUT2D eigenvalue weighted by Gasteiger charge is -2.32. The highest BCUT2D eigenvalue weighted by Crippen LogP contribution is 2.36. The van der Waals surface area contributed by atoms with E-state index >= 15 is 0 Å². The average Bonchev–Trinajstić information content (AvgIpc) is 2.74. The van der Waals surface area contributed by atoms with Crippen molar-refractivity contribution < 1.29 is 14.1 Å². The van der Waals surface area contributed by atoms with Gasteiger partial charge in [-0.2, -0.15) is 0 Å². The van der Waals surface area contributed by atoms with Crippen LogP contribution in [-0.4, -0.2) is 34.2 Å². The molecule has 0 bridgehead atoms. The van der Waals surface area contributed by atoms with Crippen LogP contribution >= 0.6 is 0 Å². The summed E-state index contributed by atoms with van der Waals surface area (Å²) in [6.45, 7) is 15.4. The van der Waals surface area contributed by atoms with Crippen molar-refractivity contribution in [1.29, 1.82) is 0 Å². The number of rotatable bonds is 3. The molecule has 1 aromatic carbocycles. The molecule has 0 saturated carbocycles. The minimum atomic E-state index is -0.751. The highest BCUT2D eigenvalue weighted by atomic mass is 16.7. The van der Waals surface area contributed by atoms with Gasteiger partial charge < -0.3 is 9.31 Å². The number of benzene rings is 1. The van der Waals surface area contributed by atoms with Crippen molar-refractivity contribution in [2.24, 2.45) is 5.41 Å². The summed E-state index contributed by atoms with van der Waals surface area (Å²) in [5, 5.41) is 3.54. The van der Waals surface area contributed by atoms with Crippen molar-refractivity contribution in [1.82, 2.24) is 9.97 Å². The van der Waals surface area contributed by atoms with Gasteiger partial charge in [0.05, 0.1) is 23.6 Å². The second-order valence-electron chi connectivity index (χ2n) is 8.44. The maximum atomic E-state index is 12.0. The molecule has 0 atom stereocenters. The highest BCUT2D eigenvalue weighted by Gasteiger charge is 2.51. The molecule has 1 N–H and O–H groups in total. The van der Waals surface area contributed by atoms with E-state index in [1.54, 1.807) is 20.0 Å². The maximum Gasteiger partial charge on any atom is 0.494 e. The van der Waals surface area contributed by atoms with Crippen molar-refractivity contribution >= 4 is 35.3 Å². The number of amides is 1. The zero-order valence-electron chi connectivity index (χ0n) is 16.2. The largest absolute Gasteiger partial charge is 0.494 e. The molecule has 26 heavy (non-hydrogen) atoms. The first-order valence-corrected chi connectivity index (χ1v) is 8.68. The molecular weight excluding hydrogens is 329 g/mol. The van der Waals surface area contributed by atoms with Crippen LogP contribution in [0.1, 0.15) is 41.5 Å². The molecule has 1 fully saturated rings. The standard InChI is InChI=1S/C19H24BN3O3/c1-17(2,3)15(24)23-16-21-11-12-10-13(8-9-14(12)22-16)20-25-18(4,5)19(6,7)26-20/h8-11H,1H2,2-7H3/p+1. The Morgan fingerprint density at radius 1 is 1.19 bits per heavy atom. The van der Waals surface area contributed by atoms with Crippen LogP contribution in [0.3, 0.4) is 0 Å². The van der Waals surface area contributed by atoms with Gasteiger partial charge in [-0.25, -0.2) is 9.97 Å². The fourth-order valence-electron chi connectivity index (χ4n) is 2.51. The molecule has 7 heteroatoms. The quantitative estimate of drug-likeness (QED) is 0.678. The van der Waals surface area contributed by atoms with E-state index in [2.05, 4.69) is 22.2 Å². The van der Waals surface area contributed by atoms with E-state index in [4.69, 9.17) is 9.31 Å². The summed E-state index contributed by atoms with van der Waals surface area (Å²) >= 11 is 0. The highest BCUT2D eigenvalue weighted by molar-refractivity contribution is 6.62. The summed E-state index contributed by atoms with van der Waals surface area (Å²) in [4.78, 5) is 20.7. The van der Waals surface area contributed by atoms with Crippen molar-refractivity contribution in [3.8, 4) is 0 Å². The van der Waals surface area contributed by atoms with Crippen LogP contribution in [0.5, 0.6) is 0 Å². The molecule has 0 radical (unpaired) electrons. The minimum Gasteiger partial charge on any atom is -0.399 e. The summed E-state index contributed by atoms with van der Waals surface area (Å²) in [5.74, 6) is 0.0355. The first-order chi connectivity index (χ1) is 11.9. The Hall–Kier alpha value is -2.12. The second kappa shape index (κ2) is 5.96. The zero-order valence-corrected chi connectivity index (χ0v) is 16.2. The van der Waals surface area contributed by atoms with Crippen LogP contribution in [0, 0.1) is 12.3 Å². The molecular formula is C19H25BN3O3+. The van der Waals surface area contributed by atoms with E-state index in [9.17, 15) is 4.79 Å². The number of nitrogens with one attached hydrogen (secondary N) is 1. The van der Waals surface area contributed by atoms with Gasteiger partial charge in [-0.15, -0.1) is 0 Å². The van der Waals surface area contributed by atoms with Crippen molar-refractivity contribution in [3.05, 3.63) is 31.3 Å². The topological polar surface area (TPSA) is 73.3 Å². The summed E-state index contributed by atoms with van der Waals surface area (Å²) < 4.78 is 12.2. The first kappa shape index (κ1) is 18.7. The Bertz CT molecular complexity index is 843. The van der Waals surface area contributed by atoms with E-state index in [-0.39, 0.29) is 11.9 Å². The van der Waals surface area contributed by atoms with Crippen LogP contribution < -0.4 is 10.8 Å². The van der Waals surface area contributed by atoms with Gasteiger partial charge in [0.2, 0.25) is 5.95 Å². The minimum absolute atomic E-state index is 0.231. The average molecular weight is 354 g/mol. The maximum absolute atomic E-state index is 12.0. The number of hydrogen-bond donors (Lipinski definition) is 1. The van der Waals surface area contributed by atoms with Crippen LogP contribution in [-0.2, 0) is 14.1 Å². The van der Waals surface area contributed by atoms with Gasteiger partial charge in [0.25, 0.3) is 5.91 Å². The molecule has 0 spiro atoms. The molecule has 1 aliphatic heterocycles. The molecule has 1 saturated heterocycles. The number of carbonyl (C=O) groups excluding carboxylic acids is 1. The lowest BCUT2D eigenvalue weighted by Crippen LogP contribution is -2.41. The normalized spacial score (nSPS) is 18.9. The summed E-state index contributed by atoms with van der Waals surface area (Å²) in [6, 6.07) is 5.76. The zero-order chi connectivity index (χ0) is 19.3.